The lowest BCUT2D eigenvalue weighted by atomic mass is 9.90. The highest BCUT2D eigenvalue weighted by atomic mass is 15.2. The number of rotatable bonds is 7. The molecule has 0 saturated heterocycles. The molecule has 2 aromatic heterocycles. The van der Waals surface area contributed by atoms with Crippen molar-refractivity contribution in [1.29, 1.82) is 0 Å². The van der Waals surface area contributed by atoms with Gasteiger partial charge >= 0.3 is 0 Å². The average Bonchev–Trinajstić information content (AvgIpc) is 3.61. The number of aromatic nitrogens is 4. The Morgan fingerprint density at radius 1 is 0.291 bits per heavy atom. The maximum absolute atomic E-state index is 5.37. The van der Waals surface area contributed by atoms with Gasteiger partial charge in [0.15, 0.2) is 11.6 Å². The summed E-state index contributed by atoms with van der Waals surface area (Å²) in [7, 11) is 0. The van der Waals surface area contributed by atoms with Crippen molar-refractivity contribution in [2.24, 2.45) is 0 Å². The van der Waals surface area contributed by atoms with Crippen LogP contribution in [0.4, 0.5) is 0 Å². The van der Waals surface area contributed by atoms with Crippen LogP contribution in [-0.2, 0) is 0 Å². The van der Waals surface area contributed by atoms with Gasteiger partial charge in [-0.25, -0.2) is 4.98 Å². The van der Waals surface area contributed by atoms with E-state index in [4.69, 9.17) is 15.0 Å². The SMILES string of the molecule is c1ccc(-c2nc(-c3ccccc3-c3ccccc3)nc(-n3c4ccccc4c4c(-c5ccccc5)cc(-c5ccccc5-c5ccccc5)cc43)n2)cc1. The molecule has 0 bridgehead atoms. The molecule has 8 aromatic carbocycles. The van der Waals surface area contributed by atoms with E-state index in [-0.39, 0.29) is 0 Å². The molecule has 4 heteroatoms. The lowest BCUT2D eigenvalue weighted by Crippen LogP contribution is -2.07. The molecule has 0 aliphatic carbocycles. The molecule has 0 aliphatic rings. The smallest absolute Gasteiger partial charge is 0.238 e. The van der Waals surface area contributed by atoms with Crippen LogP contribution in [0.5, 0.6) is 0 Å². The predicted octanol–water partition coefficient (Wildman–Crippen LogP) is 13.0. The third kappa shape index (κ3) is 5.87. The lowest BCUT2D eigenvalue weighted by molar-refractivity contribution is 0.954. The summed E-state index contributed by atoms with van der Waals surface area (Å²) in [5, 5.41) is 2.28. The van der Waals surface area contributed by atoms with Crippen molar-refractivity contribution in [1.82, 2.24) is 19.5 Å². The van der Waals surface area contributed by atoms with E-state index in [2.05, 4.69) is 187 Å². The van der Waals surface area contributed by atoms with Crippen LogP contribution >= 0.6 is 0 Å². The van der Waals surface area contributed by atoms with E-state index in [1.165, 1.54) is 11.1 Å². The molecule has 0 atom stereocenters. The molecule has 0 N–H and O–H groups in total. The van der Waals surface area contributed by atoms with Crippen molar-refractivity contribution in [2.75, 3.05) is 0 Å². The summed E-state index contributed by atoms with van der Waals surface area (Å²) in [6.07, 6.45) is 0. The van der Waals surface area contributed by atoms with Gasteiger partial charge in [-0.1, -0.05) is 188 Å². The zero-order valence-corrected chi connectivity index (χ0v) is 29.9. The van der Waals surface area contributed by atoms with E-state index in [0.717, 1.165) is 66.3 Å². The number of fused-ring (bicyclic) bond motifs is 3. The molecule has 0 radical (unpaired) electrons. The Kier molecular flexibility index (Phi) is 8.12. The largest absolute Gasteiger partial charge is 0.278 e. The second-order valence-electron chi connectivity index (χ2n) is 13.6. The zero-order valence-electron chi connectivity index (χ0n) is 29.9. The summed E-state index contributed by atoms with van der Waals surface area (Å²) in [6.45, 7) is 0. The first kappa shape index (κ1) is 32.2. The van der Waals surface area contributed by atoms with E-state index in [9.17, 15) is 0 Å². The van der Waals surface area contributed by atoms with Gasteiger partial charge < -0.3 is 0 Å². The third-order valence-electron chi connectivity index (χ3n) is 10.3. The topological polar surface area (TPSA) is 43.6 Å². The van der Waals surface area contributed by atoms with Crippen LogP contribution in [0.25, 0.3) is 95.0 Å². The van der Waals surface area contributed by atoms with Crippen LogP contribution in [0.3, 0.4) is 0 Å². The Labute approximate surface area is 319 Å². The van der Waals surface area contributed by atoms with Crippen molar-refractivity contribution < 1.29 is 0 Å². The summed E-state index contributed by atoms with van der Waals surface area (Å²) >= 11 is 0. The van der Waals surface area contributed by atoms with Crippen LogP contribution < -0.4 is 0 Å². The van der Waals surface area contributed by atoms with Crippen LogP contribution in [0, 0.1) is 0 Å². The van der Waals surface area contributed by atoms with Crippen molar-refractivity contribution >= 4 is 21.8 Å². The molecule has 0 unspecified atom stereocenters. The van der Waals surface area contributed by atoms with Gasteiger partial charge in [0.25, 0.3) is 0 Å². The summed E-state index contributed by atoms with van der Waals surface area (Å²) < 4.78 is 2.23. The molecule has 10 aromatic rings. The normalized spacial score (nSPS) is 11.3. The summed E-state index contributed by atoms with van der Waals surface area (Å²) in [4.78, 5) is 15.8. The first-order valence-electron chi connectivity index (χ1n) is 18.5. The van der Waals surface area contributed by atoms with Crippen LogP contribution in [0.15, 0.2) is 206 Å². The minimum atomic E-state index is 0.561. The second-order valence-corrected chi connectivity index (χ2v) is 13.6. The third-order valence-corrected chi connectivity index (χ3v) is 10.3. The number of hydrogen-bond acceptors (Lipinski definition) is 3. The van der Waals surface area contributed by atoms with Crippen molar-refractivity contribution in [3.05, 3.63) is 206 Å². The van der Waals surface area contributed by atoms with E-state index in [0.29, 0.717) is 17.6 Å². The minimum absolute atomic E-state index is 0.561. The van der Waals surface area contributed by atoms with Gasteiger partial charge in [-0.2, -0.15) is 9.97 Å². The molecule has 0 amide bonds. The van der Waals surface area contributed by atoms with Gasteiger partial charge in [0, 0.05) is 21.9 Å². The maximum atomic E-state index is 5.37. The monoisotopic (exact) mass is 702 g/mol. The molecule has 0 spiro atoms. The van der Waals surface area contributed by atoms with E-state index >= 15 is 0 Å². The van der Waals surface area contributed by atoms with E-state index < -0.39 is 0 Å². The van der Waals surface area contributed by atoms with Crippen molar-refractivity contribution in [3.8, 4) is 73.2 Å². The fourth-order valence-electron chi connectivity index (χ4n) is 7.77. The zero-order chi connectivity index (χ0) is 36.6. The molecule has 0 fully saturated rings. The summed E-state index contributed by atoms with van der Waals surface area (Å²) in [5.41, 5.74) is 13.0. The molecule has 55 heavy (non-hydrogen) atoms. The summed E-state index contributed by atoms with van der Waals surface area (Å²) in [6, 6.07) is 72.2. The predicted molar refractivity (Wildman–Crippen MR) is 227 cm³/mol. The van der Waals surface area contributed by atoms with Gasteiger partial charge in [0.1, 0.15) is 0 Å². The Balaban J connectivity index is 1.31. The fourth-order valence-corrected chi connectivity index (χ4v) is 7.77. The molecule has 0 saturated carbocycles. The van der Waals surface area contributed by atoms with E-state index in [1.54, 1.807) is 0 Å². The molecular weight excluding hydrogens is 669 g/mol. The molecular formula is C51H34N4. The maximum Gasteiger partial charge on any atom is 0.238 e. The highest BCUT2D eigenvalue weighted by Crippen LogP contribution is 2.43. The second kappa shape index (κ2) is 13.8. The summed E-state index contributed by atoms with van der Waals surface area (Å²) in [5.74, 6) is 1.79. The highest BCUT2D eigenvalue weighted by molar-refractivity contribution is 6.17. The standard InChI is InChI=1S/C51H34N4/c1-5-19-35(20-6-1)40-27-13-14-29-42(40)39-33-45(37-23-9-3-10-24-37)48-44-31-17-18-32-46(44)55(47(48)34-39)51-53-49(38-25-11-4-12-26-38)52-50(54-51)43-30-16-15-28-41(43)36-21-7-2-8-22-36/h1-34H. The molecule has 10 rings (SSSR count). The average molecular weight is 703 g/mol. The molecule has 0 aliphatic heterocycles. The van der Waals surface area contributed by atoms with Crippen molar-refractivity contribution in [2.45, 2.75) is 0 Å². The van der Waals surface area contributed by atoms with Gasteiger partial charge in [-0.3, -0.25) is 4.57 Å². The molecule has 258 valence electrons. The Hall–Kier alpha value is -7.43. The van der Waals surface area contributed by atoms with Crippen LogP contribution in [0.2, 0.25) is 0 Å². The number of nitrogens with zero attached hydrogens (tertiary/aromatic N) is 4. The Bertz CT molecular complexity index is 2950. The highest BCUT2D eigenvalue weighted by Gasteiger charge is 2.22. The lowest BCUT2D eigenvalue weighted by Gasteiger charge is -2.15. The number of hydrogen-bond donors (Lipinski definition) is 0. The van der Waals surface area contributed by atoms with Crippen LogP contribution in [0.1, 0.15) is 0 Å². The Morgan fingerprint density at radius 2 is 0.727 bits per heavy atom. The van der Waals surface area contributed by atoms with Gasteiger partial charge in [-0.15, -0.1) is 0 Å². The fraction of sp³-hybridized carbons (Fsp3) is 0. The first-order chi connectivity index (χ1) is 27.3. The number of benzene rings is 8. The van der Waals surface area contributed by atoms with Crippen molar-refractivity contribution in [3.63, 3.8) is 0 Å². The van der Waals surface area contributed by atoms with Crippen LogP contribution in [-0.4, -0.2) is 19.5 Å². The number of para-hydroxylation sites is 1. The quantitative estimate of drug-likeness (QED) is 0.166. The van der Waals surface area contributed by atoms with E-state index in [1.807, 2.05) is 24.3 Å². The molecule has 4 nitrogen and oxygen atoms in total. The Morgan fingerprint density at radius 3 is 1.33 bits per heavy atom. The van der Waals surface area contributed by atoms with Gasteiger partial charge in [0.05, 0.1) is 11.0 Å². The first-order valence-corrected chi connectivity index (χ1v) is 18.5. The molecule has 2 heterocycles. The van der Waals surface area contributed by atoms with Gasteiger partial charge in [0.2, 0.25) is 5.95 Å². The minimum Gasteiger partial charge on any atom is -0.278 e. The van der Waals surface area contributed by atoms with Gasteiger partial charge in [-0.05, 0) is 62.7 Å².